The van der Waals surface area contributed by atoms with Gasteiger partial charge in [-0.15, -0.1) is 0 Å². The third-order valence-corrected chi connectivity index (χ3v) is 3.68. The van der Waals surface area contributed by atoms with Crippen LogP contribution in [0.1, 0.15) is 33.5 Å². The summed E-state index contributed by atoms with van der Waals surface area (Å²) in [5, 5.41) is 2.78. The van der Waals surface area contributed by atoms with Crippen molar-refractivity contribution >= 4 is 17.4 Å². The summed E-state index contributed by atoms with van der Waals surface area (Å²) in [5.74, 6) is -0.465. The number of fused-ring (bicyclic) bond motifs is 1. The lowest BCUT2D eigenvalue weighted by Gasteiger charge is -2.17. The second kappa shape index (κ2) is 5.13. The lowest BCUT2D eigenvalue weighted by Crippen LogP contribution is -2.19. The number of carbonyl (C=O) groups is 2. The molecule has 0 bridgehead atoms. The highest BCUT2D eigenvalue weighted by molar-refractivity contribution is 6.09. The number of ketones is 1. The van der Waals surface area contributed by atoms with Crippen LogP contribution in [0.5, 0.6) is 0 Å². The van der Waals surface area contributed by atoms with E-state index >= 15 is 0 Å². The minimum atomic E-state index is -0.320. The average molecular weight is 283 g/mol. The van der Waals surface area contributed by atoms with Crippen molar-refractivity contribution < 1.29 is 14.0 Å². The van der Waals surface area contributed by atoms with Gasteiger partial charge in [0.15, 0.2) is 5.78 Å². The highest BCUT2D eigenvalue weighted by Crippen LogP contribution is 2.25. The van der Waals surface area contributed by atoms with Crippen molar-refractivity contribution in [3.63, 3.8) is 0 Å². The zero-order valence-electron chi connectivity index (χ0n) is 11.6. The van der Waals surface area contributed by atoms with Gasteiger partial charge in [-0.3, -0.25) is 9.59 Å². The van der Waals surface area contributed by atoms with Crippen LogP contribution in [0.4, 0.5) is 10.1 Å². The predicted octanol–water partition coefficient (Wildman–Crippen LogP) is 3.25. The molecule has 1 aliphatic heterocycles. The van der Waals surface area contributed by atoms with E-state index in [1.807, 2.05) is 0 Å². The van der Waals surface area contributed by atoms with Crippen molar-refractivity contribution in [2.45, 2.75) is 19.8 Å². The normalized spacial score (nSPS) is 13.5. The van der Waals surface area contributed by atoms with Gasteiger partial charge in [-0.25, -0.2) is 4.39 Å². The van der Waals surface area contributed by atoms with Gasteiger partial charge in [0.1, 0.15) is 5.82 Å². The highest BCUT2D eigenvalue weighted by atomic mass is 19.1. The molecule has 21 heavy (non-hydrogen) atoms. The van der Waals surface area contributed by atoms with E-state index in [0.29, 0.717) is 29.5 Å². The molecule has 0 atom stereocenters. The molecule has 1 amide bonds. The Morgan fingerprint density at radius 1 is 1.10 bits per heavy atom. The summed E-state index contributed by atoms with van der Waals surface area (Å²) in [6, 6.07) is 9.59. The Balaban J connectivity index is 1.95. The second-order valence-electron chi connectivity index (χ2n) is 5.21. The number of hydrogen-bond donors (Lipinski definition) is 1. The predicted molar refractivity (Wildman–Crippen MR) is 78.0 cm³/mol. The Hall–Kier alpha value is -2.49. The van der Waals surface area contributed by atoms with Gasteiger partial charge in [0.25, 0.3) is 0 Å². The summed E-state index contributed by atoms with van der Waals surface area (Å²) in [6.45, 7) is 1.63. The van der Waals surface area contributed by atoms with Crippen LogP contribution < -0.4 is 5.32 Å². The van der Waals surface area contributed by atoms with Gasteiger partial charge in [0, 0.05) is 23.2 Å². The molecule has 1 N–H and O–H groups in total. The fourth-order valence-electron chi connectivity index (χ4n) is 2.48. The van der Waals surface area contributed by atoms with Crippen molar-refractivity contribution in [3.8, 4) is 0 Å². The van der Waals surface area contributed by atoms with Gasteiger partial charge in [0.2, 0.25) is 5.91 Å². The summed E-state index contributed by atoms with van der Waals surface area (Å²) >= 11 is 0. The maximum atomic E-state index is 13.3. The number of amides is 1. The quantitative estimate of drug-likeness (QED) is 0.860. The first-order valence-electron chi connectivity index (χ1n) is 6.78. The number of aryl methyl sites for hydroxylation is 2. The van der Waals surface area contributed by atoms with Crippen LogP contribution in [0.3, 0.4) is 0 Å². The summed E-state index contributed by atoms with van der Waals surface area (Å²) in [4.78, 5) is 23.8. The van der Waals surface area contributed by atoms with E-state index in [1.54, 1.807) is 31.2 Å². The molecule has 3 rings (SSSR count). The number of nitrogens with one attached hydrogen (secondary N) is 1. The molecule has 0 spiro atoms. The number of benzene rings is 2. The molecule has 0 radical (unpaired) electrons. The van der Waals surface area contributed by atoms with E-state index in [9.17, 15) is 14.0 Å². The third kappa shape index (κ3) is 2.57. The van der Waals surface area contributed by atoms with Crippen LogP contribution in [-0.4, -0.2) is 11.7 Å². The van der Waals surface area contributed by atoms with E-state index in [4.69, 9.17) is 0 Å². The van der Waals surface area contributed by atoms with Crippen LogP contribution in [0.2, 0.25) is 0 Å². The maximum Gasteiger partial charge on any atom is 0.224 e. The first-order chi connectivity index (χ1) is 10.0. The number of anilines is 1. The fraction of sp³-hybridized carbons (Fsp3) is 0.176. The zero-order chi connectivity index (χ0) is 15.0. The molecular formula is C17H14FNO2. The van der Waals surface area contributed by atoms with Crippen molar-refractivity contribution in [1.82, 2.24) is 0 Å². The molecule has 0 aliphatic carbocycles. The van der Waals surface area contributed by atoms with E-state index < -0.39 is 0 Å². The molecule has 0 unspecified atom stereocenters. The number of rotatable bonds is 2. The first-order valence-corrected chi connectivity index (χ1v) is 6.78. The minimum absolute atomic E-state index is 0.00395. The molecule has 3 nitrogen and oxygen atoms in total. The largest absolute Gasteiger partial charge is 0.326 e. The second-order valence-corrected chi connectivity index (χ2v) is 5.21. The van der Waals surface area contributed by atoms with E-state index in [0.717, 1.165) is 11.3 Å². The monoisotopic (exact) mass is 283 g/mol. The molecule has 1 heterocycles. The van der Waals surface area contributed by atoms with Gasteiger partial charge in [-0.1, -0.05) is 0 Å². The van der Waals surface area contributed by atoms with Gasteiger partial charge < -0.3 is 5.32 Å². The van der Waals surface area contributed by atoms with Crippen LogP contribution >= 0.6 is 0 Å². The zero-order valence-corrected chi connectivity index (χ0v) is 11.6. The summed E-state index contributed by atoms with van der Waals surface area (Å²) in [5.41, 5.74) is 3.19. The lowest BCUT2D eigenvalue weighted by atomic mass is 9.96. The molecule has 0 saturated carbocycles. The van der Waals surface area contributed by atoms with Crippen LogP contribution in [-0.2, 0) is 11.2 Å². The number of halogens is 1. The van der Waals surface area contributed by atoms with E-state index in [1.165, 1.54) is 12.1 Å². The smallest absolute Gasteiger partial charge is 0.224 e. The molecule has 106 valence electrons. The summed E-state index contributed by atoms with van der Waals surface area (Å²) in [7, 11) is 0. The van der Waals surface area contributed by atoms with Gasteiger partial charge in [-0.2, -0.15) is 0 Å². The summed E-state index contributed by atoms with van der Waals surface area (Å²) in [6.07, 6.45) is 1.06. The molecule has 1 aliphatic rings. The molecule has 0 saturated heterocycles. The Morgan fingerprint density at radius 2 is 1.81 bits per heavy atom. The molecule has 0 fully saturated rings. The van der Waals surface area contributed by atoms with Gasteiger partial charge >= 0.3 is 0 Å². The molecular weight excluding hydrogens is 269 g/mol. The number of hydrogen-bond acceptors (Lipinski definition) is 2. The fourth-order valence-corrected chi connectivity index (χ4v) is 2.48. The van der Waals surface area contributed by atoms with Crippen LogP contribution in [0, 0.1) is 12.7 Å². The maximum absolute atomic E-state index is 13.3. The summed E-state index contributed by atoms with van der Waals surface area (Å²) < 4.78 is 13.3. The Kier molecular flexibility index (Phi) is 3.29. The topological polar surface area (TPSA) is 46.2 Å². The van der Waals surface area contributed by atoms with Crippen molar-refractivity contribution in [2.75, 3.05) is 5.32 Å². The van der Waals surface area contributed by atoms with E-state index in [2.05, 4.69) is 5.32 Å². The lowest BCUT2D eigenvalue weighted by molar-refractivity contribution is -0.116. The van der Waals surface area contributed by atoms with Gasteiger partial charge in [0.05, 0.1) is 0 Å². The molecule has 0 aromatic heterocycles. The van der Waals surface area contributed by atoms with Crippen LogP contribution in [0.25, 0.3) is 0 Å². The SMILES string of the molecule is Cc1cc(C(=O)c2ccc3c(c2)CCC(=O)N3)ccc1F. The molecule has 4 heteroatoms. The average Bonchev–Trinajstić information content (AvgIpc) is 2.49. The molecule has 2 aromatic carbocycles. The first kappa shape index (κ1) is 13.5. The Bertz CT molecular complexity index is 752. The Labute approximate surface area is 121 Å². The van der Waals surface area contributed by atoms with Gasteiger partial charge in [-0.05, 0) is 60.9 Å². The minimum Gasteiger partial charge on any atom is -0.326 e. The highest BCUT2D eigenvalue weighted by Gasteiger charge is 2.17. The van der Waals surface area contributed by atoms with Crippen LogP contribution in [0.15, 0.2) is 36.4 Å². The van der Waals surface area contributed by atoms with Crippen molar-refractivity contribution in [3.05, 3.63) is 64.5 Å². The standard InChI is InChI=1S/C17H14FNO2/c1-10-8-12(2-5-14(10)18)17(21)13-3-6-15-11(9-13)4-7-16(20)19-15/h2-3,5-6,8-9H,4,7H2,1H3,(H,19,20). The molecule has 2 aromatic rings. The Morgan fingerprint density at radius 3 is 2.57 bits per heavy atom. The number of carbonyl (C=O) groups excluding carboxylic acids is 2. The van der Waals surface area contributed by atoms with Crippen molar-refractivity contribution in [1.29, 1.82) is 0 Å². The van der Waals surface area contributed by atoms with E-state index in [-0.39, 0.29) is 17.5 Å². The van der Waals surface area contributed by atoms with Crippen molar-refractivity contribution in [2.24, 2.45) is 0 Å². The third-order valence-electron chi connectivity index (χ3n) is 3.68.